The largest absolute Gasteiger partial charge is 0.356 e. The van der Waals surface area contributed by atoms with Crippen LogP contribution in [0, 0.1) is 5.92 Å². The lowest BCUT2D eigenvalue weighted by Gasteiger charge is -2.14. The molecular formula is C11H20N2O. The molecule has 3 heteroatoms. The minimum absolute atomic E-state index is 0.284. The normalized spacial score (nSPS) is 22.6. The summed E-state index contributed by atoms with van der Waals surface area (Å²) in [4.78, 5) is 13.8. The van der Waals surface area contributed by atoms with E-state index in [1.165, 1.54) is 25.9 Å². The first kappa shape index (κ1) is 9.97. The zero-order valence-electron chi connectivity index (χ0n) is 8.80. The Labute approximate surface area is 85.8 Å². The lowest BCUT2D eigenvalue weighted by molar-refractivity contribution is -0.122. The van der Waals surface area contributed by atoms with E-state index < -0.39 is 0 Å². The summed E-state index contributed by atoms with van der Waals surface area (Å²) in [5, 5.41) is 3.00. The number of amides is 1. The molecular weight excluding hydrogens is 176 g/mol. The molecule has 1 N–H and O–H groups in total. The Morgan fingerprint density at radius 3 is 2.64 bits per heavy atom. The van der Waals surface area contributed by atoms with Crippen molar-refractivity contribution >= 4 is 5.91 Å². The molecule has 0 radical (unpaired) electrons. The second-order valence-electron chi connectivity index (χ2n) is 4.47. The van der Waals surface area contributed by atoms with Gasteiger partial charge in [0.2, 0.25) is 5.91 Å². The standard InChI is InChI=1S/C11H20N2O/c14-11(10-4-5-10)12-6-3-9-13-7-1-2-8-13/h10H,1-9H2,(H,12,14). The van der Waals surface area contributed by atoms with E-state index in [1.807, 2.05) is 0 Å². The van der Waals surface area contributed by atoms with Gasteiger partial charge in [0.1, 0.15) is 0 Å². The van der Waals surface area contributed by atoms with Gasteiger partial charge in [-0.25, -0.2) is 0 Å². The van der Waals surface area contributed by atoms with Crippen LogP contribution in [-0.4, -0.2) is 37.0 Å². The van der Waals surface area contributed by atoms with Crippen LogP contribution in [0.2, 0.25) is 0 Å². The third-order valence-corrected chi connectivity index (χ3v) is 3.10. The van der Waals surface area contributed by atoms with Gasteiger partial charge in [0, 0.05) is 12.5 Å². The summed E-state index contributed by atoms with van der Waals surface area (Å²) in [5.41, 5.74) is 0. The van der Waals surface area contributed by atoms with Crippen LogP contribution in [-0.2, 0) is 4.79 Å². The Balaban J connectivity index is 1.48. The van der Waals surface area contributed by atoms with Gasteiger partial charge >= 0.3 is 0 Å². The molecule has 80 valence electrons. The van der Waals surface area contributed by atoms with Crippen molar-refractivity contribution in [1.29, 1.82) is 0 Å². The fourth-order valence-electron chi connectivity index (χ4n) is 2.01. The van der Waals surface area contributed by atoms with Gasteiger partial charge in [-0.2, -0.15) is 0 Å². The van der Waals surface area contributed by atoms with Crippen LogP contribution < -0.4 is 5.32 Å². The Hall–Kier alpha value is -0.570. The number of hydrogen-bond donors (Lipinski definition) is 1. The minimum atomic E-state index is 0.284. The van der Waals surface area contributed by atoms with Crippen molar-refractivity contribution in [2.75, 3.05) is 26.2 Å². The van der Waals surface area contributed by atoms with Crippen molar-refractivity contribution in [3.63, 3.8) is 0 Å². The molecule has 0 aromatic carbocycles. The van der Waals surface area contributed by atoms with E-state index in [4.69, 9.17) is 0 Å². The molecule has 0 bridgehead atoms. The predicted molar refractivity (Wildman–Crippen MR) is 56.0 cm³/mol. The van der Waals surface area contributed by atoms with Crippen LogP contribution in [0.25, 0.3) is 0 Å². The number of carbonyl (C=O) groups is 1. The van der Waals surface area contributed by atoms with Crippen LogP contribution in [0.15, 0.2) is 0 Å². The van der Waals surface area contributed by atoms with Crippen molar-refractivity contribution in [3.8, 4) is 0 Å². The maximum atomic E-state index is 11.3. The molecule has 14 heavy (non-hydrogen) atoms. The van der Waals surface area contributed by atoms with E-state index in [9.17, 15) is 4.79 Å². The molecule has 0 unspecified atom stereocenters. The Morgan fingerprint density at radius 1 is 1.29 bits per heavy atom. The van der Waals surface area contributed by atoms with E-state index in [1.54, 1.807) is 0 Å². The second kappa shape index (κ2) is 4.78. The first-order chi connectivity index (χ1) is 6.86. The quantitative estimate of drug-likeness (QED) is 0.665. The Morgan fingerprint density at radius 2 is 2.00 bits per heavy atom. The summed E-state index contributed by atoms with van der Waals surface area (Å²) in [6, 6.07) is 0. The predicted octanol–water partition coefficient (Wildman–Crippen LogP) is 0.998. The lowest BCUT2D eigenvalue weighted by Crippen LogP contribution is -2.29. The second-order valence-corrected chi connectivity index (χ2v) is 4.47. The average molecular weight is 196 g/mol. The van der Waals surface area contributed by atoms with Crippen LogP contribution in [0.1, 0.15) is 32.1 Å². The van der Waals surface area contributed by atoms with Crippen molar-refractivity contribution in [2.45, 2.75) is 32.1 Å². The number of nitrogens with one attached hydrogen (secondary N) is 1. The van der Waals surface area contributed by atoms with E-state index in [0.29, 0.717) is 5.92 Å². The Kier molecular flexibility index (Phi) is 3.40. The number of nitrogens with zero attached hydrogens (tertiary/aromatic N) is 1. The van der Waals surface area contributed by atoms with Crippen LogP contribution in [0.5, 0.6) is 0 Å². The number of rotatable bonds is 5. The highest BCUT2D eigenvalue weighted by atomic mass is 16.2. The topological polar surface area (TPSA) is 32.3 Å². The molecule has 0 aromatic heterocycles. The fourth-order valence-corrected chi connectivity index (χ4v) is 2.01. The monoisotopic (exact) mass is 196 g/mol. The SMILES string of the molecule is O=C(NCCCN1CCCC1)C1CC1. The van der Waals surface area contributed by atoms with E-state index in [0.717, 1.165) is 32.4 Å². The molecule has 1 heterocycles. The first-order valence-electron chi connectivity index (χ1n) is 5.86. The maximum Gasteiger partial charge on any atom is 0.223 e. The molecule has 0 spiro atoms. The highest BCUT2D eigenvalue weighted by Crippen LogP contribution is 2.28. The molecule has 1 aliphatic heterocycles. The minimum Gasteiger partial charge on any atom is -0.356 e. The molecule has 1 saturated heterocycles. The maximum absolute atomic E-state index is 11.3. The molecule has 1 aliphatic carbocycles. The van der Waals surface area contributed by atoms with Gasteiger partial charge in [-0.05, 0) is 51.7 Å². The fraction of sp³-hybridized carbons (Fsp3) is 0.909. The zero-order chi connectivity index (χ0) is 9.80. The van der Waals surface area contributed by atoms with Crippen molar-refractivity contribution < 1.29 is 4.79 Å². The molecule has 0 aromatic rings. The van der Waals surface area contributed by atoms with E-state index in [-0.39, 0.29) is 5.91 Å². The van der Waals surface area contributed by atoms with Gasteiger partial charge in [-0.15, -0.1) is 0 Å². The molecule has 3 nitrogen and oxygen atoms in total. The summed E-state index contributed by atoms with van der Waals surface area (Å²) in [5.74, 6) is 0.646. The van der Waals surface area contributed by atoms with Crippen molar-refractivity contribution in [2.24, 2.45) is 5.92 Å². The summed E-state index contributed by atoms with van der Waals surface area (Å²) < 4.78 is 0. The van der Waals surface area contributed by atoms with Crippen LogP contribution in [0.3, 0.4) is 0 Å². The third kappa shape index (κ3) is 2.98. The van der Waals surface area contributed by atoms with Gasteiger partial charge in [0.25, 0.3) is 0 Å². The molecule has 2 rings (SSSR count). The van der Waals surface area contributed by atoms with Gasteiger partial charge < -0.3 is 10.2 Å². The van der Waals surface area contributed by atoms with Crippen LogP contribution in [0.4, 0.5) is 0 Å². The molecule has 2 aliphatic rings. The average Bonchev–Trinajstić information content (AvgIpc) is 2.92. The first-order valence-corrected chi connectivity index (χ1v) is 5.86. The number of likely N-dealkylation sites (tertiary alicyclic amines) is 1. The molecule has 1 saturated carbocycles. The summed E-state index contributed by atoms with van der Waals surface area (Å²) in [6.45, 7) is 4.55. The summed E-state index contributed by atoms with van der Waals surface area (Å²) >= 11 is 0. The molecule has 1 amide bonds. The van der Waals surface area contributed by atoms with Gasteiger partial charge in [-0.1, -0.05) is 0 Å². The van der Waals surface area contributed by atoms with E-state index in [2.05, 4.69) is 10.2 Å². The molecule has 0 atom stereocenters. The highest BCUT2D eigenvalue weighted by molar-refractivity contribution is 5.80. The lowest BCUT2D eigenvalue weighted by atomic mass is 10.3. The highest BCUT2D eigenvalue weighted by Gasteiger charge is 2.28. The Bertz CT molecular complexity index is 195. The van der Waals surface area contributed by atoms with Crippen molar-refractivity contribution in [1.82, 2.24) is 10.2 Å². The number of hydrogen-bond acceptors (Lipinski definition) is 2. The molecule has 2 fully saturated rings. The zero-order valence-corrected chi connectivity index (χ0v) is 8.80. The smallest absolute Gasteiger partial charge is 0.223 e. The summed E-state index contributed by atoms with van der Waals surface area (Å²) in [7, 11) is 0. The van der Waals surface area contributed by atoms with Gasteiger partial charge in [0.15, 0.2) is 0 Å². The van der Waals surface area contributed by atoms with Gasteiger partial charge in [-0.3, -0.25) is 4.79 Å². The van der Waals surface area contributed by atoms with Crippen LogP contribution >= 0.6 is 0 Å². The van der Waals surface area contributed by atoms with E-state index >= 15 is 0 Å². The van der Waals surface area contributed by atoms with Crippen molar-refractivity contribution in [3.05, 3.63) is 0 Å². The summed E-state index contributed by atoms with van der Waals surface area (Å²) in [6.07, 6.45) is 6.04. The van der Waals surface area contributed by atoms with Gasteiger partial charge in [0.05, 0.1) is 0 Å². The third-order valence-electron chi connectivity index (χ3n) is 3.10. The number of carbonyl (C=O) groups excluding carboxylic acids is 1.